The van der Waals surface area contributed by atoms with E-state index in [2.05, 4.69) is 58.1 Å². The van der Waals surface area contributed by atoms with E-state index in [4.69, 9.17) is 0 Å². The lowest BCUT2D eigenvalue weighted by Crippen LogP contribution is -2.33. The molecule has 1 aliphatic heterocycles. The molecular formula is C23H18N2OS2. The third-order valence-electron chi connectivity index (χ3n) is 4.98. The summed E-state index contributed by atoms with van der Waals surface area (Å²) in [6.45, 7) is 0. The van der Waals surface area contributed by atoms with Crippen molar-refractivity contribution < 1.29 is 0 Å². The molecule has 0 saturated heterocycles. The third kappa shape index (κ3) is 3.15. The first-order valence-corrected chi connectivity index (χ1v) is 11.1. The van der Waals surface area contributed by atoms with E-state index in [-0.39, 0.29) is 11.6 Å². The smallest absolute Gasteiger partial charge is 0.281 e. The lowest BCUT2D eigenvalue weighted by molar-refractivity contribution is 0.524. The maximum Gasteiger partial charge on any atom is 0.281 e. The van der Waals surface area contributed by atoms with Gasteiger partial charge in [0.25, 0.3) is 5.56 Å². The standard InChI is InChI=1S/C23H18N2OS2/c26-22-18-13-7-8-14-19(18)25-21(16-9-3-1-4-10-16)20(15-27-23(25)24-22)28-17-11-5-2-6-12-17/h1-14,20-21H,15H2. The highest BCUT2D eigenvalue weighted by Crippen LogP contribution is 2.43. The Morgan fingerprint density at radius 2 is 1.57 bits per heavy atom. The number of hydrogen-bond donors (Lipinski definition) is 0. The number of nitrogens with zero attached hydrogens (tertiary/aromatic N) is 2. The molecule has 0 spiro atoms. The van der Waals surface area contributed by atoms with E-state index in [0.29, 0.717) is 10.6 Å². The van der Waals surface area contributed by atoms with Crippen molar-refractivity contribution in [1.29, 1.82) is 0 Å². The predicted molar refractivity (Wildman–Crippen MR) is 117 cm³/mol. The molecule has 1 aromatic heterocycles. The van der Waals surface area contributed by atoms with Crippen LogP contribution in [0.25, 0.3) is 10.9 Å². The van der Waals surface area contributed by atoms with Crippen molar-refractivity contribution in [2.75, 3.05) is 5.75 Å². The van der Waals surface area contributed by atoms with Crippen LogP contribution in [0.15, 0.2) is 99.8 Å². The van der Waals surface area contributed by atoms with Gasteiger partial charge in [0, 0.05) is 15.9 Å². The quantitative estimate of drug-likeness (QED) is 0.438. The summed E-state index contributed by atoms with van der Waals surface area (Å²) < 4.78 is 2.26. The minimum Gasteiger partial charge on any atom is -0.311 e. The van der Waals surface area contributed by atoms with Crippen molar-refractivity contribution in [3.63, 3.8) is 0 Å². The molecule has 2 heterocycles. The van der Waals surface area contributed by atoms with Crippen LogP contribution in [0, 0.1) is 0 Å². The Morgan fingerprint density at radius 1 is 0.893 bits per heavy atom. The zero-order valence-corrected chi connectivity index (χ0v) is 16.7. The van der Waals surface area contributed by atoms with E-state index in [9.17, 15) is 4.79 Å². The van der Waals surface area contributed by atoms with Crippen LogP contribution in [-0.4, -0.2) is 20.6 Å². The number of aromatic nitrogens is 2. The number of hydrogen-bond acceptors (Lipinski definition) is 4. The minimum absolute atomic E-state index is 0.112. The van der Waals surface area contributed by atoms with Crippen molar-refractivity contribution in [3.05, 3.63) is 101 Å². The molecule has 4 aromatic rings. The fourth-order valence-electron chi connectivity index (χ4n) is 3.74. The van der Waals surface area contributed by atoms with E-state index in [1.54, 1.807) is 11.8 Å². The molecule has 0 fully saturated rings. The molecule has 138 valence electrons. The summed E-state index contributed by atoms with van der Waals surface area (Å²) in [6, 6.07) is 29.0. The zero-order chi connectivity index (χ0) is 18.9. The second-order valence-corrected chi connectivity index (χ2v) is 9.02. The van der Waals surface area contributed by atoms with E-state index in [1.165, 1.54) is 10.5 Å². The number of thioether (sulfide) groups is 2. The summed E-state index contributed by atoms with van der Waals surface area (Å²) in [6.07, 6.45) is 0. The topological polar surface area (TPSA) is 34.9 Å². The predicted octanol–water partition coefficient (Wildman–Crippen LogP) is 5.25. The fraction of sp³-hybridized carbons (Fsp3) is 0.130. The first kappa shape index (κ1) is 17.6. The van der Waals surface area contributed by atoms with Crippen molar-refractivity contribution in [1.82, 2.24) is 9.55 Å². The van der Waals surface area contributed by atoms with Crippen LogP contribution in [0.1, 0.15) is 11.6 Å². The molecule has 28 heavy (non-hydrogen) atoms. The van der Waals surface area contributed by atoms with E-state index < -0.39 is 0 Å². The van der Waals surface area contributed by atoms with Gasteiger partial charge in [0.05, 0.1) is 16.9 Å². The van der Waals surface area contributed by atoms with Gasteiger partial charge in [-0.15, -0.1) is 11.8 Å². The summed E-state index contributed by atoms with van der Waals surface area (Å²) in [5.41, 5.74) is 2.06. The Balaban J connectivity index is 1.71. The average molecular weight is 403 g/mol. The highest BCUT2D eigenvalue weighted by atomic mass is 32.2. The van der Waals surface area contributed by atoms with Crippen LogP contribution in [0.5, 0.6) is 0 Å². The first-order chi connectivity index (χ1) is 13.8. The van der Waals surface area contributed by atoms with Crippen molar-refractivity contribution in [3.8, 4) is 0 Å². The number of fused-ring (bicyclic) bond motifs is 3. The van der Waals surface area contributed by atoms with Gasteiger partial charge in [-0.2, -0.15) is 4.98 Å². The Hall–Kier alpha value is -2.50. The maximum absolute atomic E-state index is 12.5. The van der Waals surface area contributed by atoms with Gasteiger partial charge in [0.15, 0.2) is 5.16 Å². The molecule has 0 radical (unpaired) electrons. The Morgan fingerprint density at radius 3 is 2.36 bits per heavy atom. The Bertz CT molecular complexity index is 1180. The number of para-hydroxylation sites is 1. The van der Waals surface area contributed by atoms with Gasteiger partial charge in [-0.25, -0.2) is 0 Å². The zero-order valence-electron chi connectivity index (χ0n) is 15.1. The van der Waals surface area contributed by atoms with E-state index in [1.807, 2.05) is 48.2 Å². The van der Waals surface area contributed by atoms with Gasteiger partial charge in [0.2, 0.25) is 0 Å². The summed E-state index contributed by atoms with van der Waals surface area (Å²) >= 11 is 3.57. The fourth-order valence-corrected chi connectivity index (χ4v) is 6.28. The van der Waals surface area contributed by atoms with Crippen molar-refractivity contribution >= 4 is 34.4 Å². The van der Waals surface area contributed by atoms with Crippen LogP contribution < -0.4 is 5.56 Å². The monoisotopic (exact) mass is 402 g/mol. The van der Waals surface area contributed by atoms with Crippen molar-refractivity contribution in [2.45, 2.75) is 21.3 Å². The summed E-state index contributed by atoms with van der Waals surface area (Å²) in [5.74, 6) is 0.907. The second kappa shape index (κ2) is 7.49. The Labute approximate surface area is 171 Å². The van der Waals surface area contributed by atoms with Crippen LogP contribution >= 0.6 is 23.5 Å². The highest BCUT2D eigenvalue weighted by Gasteiger charge is 2.33. The molecule has 3 aromatic carbocycles. The van der Waals surface area contributed by atoms with Crippen LogP contribution in [0.4, 0.5) is 0 Å². The van der Waals surface area contributed by atoms with Crippen LogP contribution in [-0.2, 0) is 0 Å². The van der Waals surface area contributed by atoms with Gasteiger partial charge in [-0.1, -0.05) is 72.4 Å². The van der Waals surface area contributed by atoms with Gasteiger partial charge >= 0.3 is 0 Å². The maximum atomic E-state index is 12.5. The lowest BCUT2D eigenvalue weighted by Gasteiger charge is -2.35. The molecule has 0 aliphatic carbocycles. The minimum atomic E-state index is -0.143. The second-order valence-electron chi connectivity index (χ2n) is 6.72. The summed E-state index contributed by atoms with van der Waals surface area (Å²) in [7, 11) is 0. The average Bonchev–Trinajstić information content (AvgIpc) is 2.75. The largest absolute Gasteiger partial charge is 0.311 e. The normalized spacial score (nSPS) is 18.7. The van der Waals surface area contributed by atoms with E-state index in [0.717, 1.165) is 16.4 Å². The van der Waals surface area contributed by atoms with Crippen molar-refractivity contribution in [2.24, 2.45) is 0 Å². The lowest BCUT2D eigenvalue weighted by atomic mass is 10.0. The number of benzene rings is 3. The molecule has 2 unspecified atom stereocenters. The molecule has 1 aliphatic rings. The SMILES string of the molecule is O=c1nc2n(c3ccccc13)C(c1ccccc1)C(Sc1ccccc1)CS2. The first-order valence-electron chi connectivity index (χ1n) is 9.22. The van der Waals surface area contributed by atoms with E-state index >= 15 is 0 Å². The van der Waals surface area contributed by atoms with Gasteiger partial charge in [-0.05, 0) is 29.8 Å². The molecule has 0 N–H and O–H groups in total. The molecule has 5 heteroatoms. The molecule has 3 nitrogen and oxygen atoms in total. The molecule has 0 bridgehead atoms. The molecule has 5 rings (SSSR count). The third-order valence-corrected chi connectivity index (χ3v) is 7.53. The molecular weight excluding hydrogens is 384 g/mol. The summed E-state index contributed by atoms with van der Waals surface area (Å²) in [4.78, 5) is 18.2. The number of rotatable bonds is 3. The van der Waals surface area contributed by atoms with Gasteiger partial charge in [0.1, 0.15) is 0 Å². The molecule has 2 atom stereocenters. The van der Waals surface area contributed by atoms with Crippen LogP contribution in [0.3, 0.4) is 0 Å². The van der Waals surface area contributed by atoms with Gasteiger partial charge < -0.3 is 4.57 Å². The summed E-state index contributed by atoms with van der Waals surface area (Å²) in [5, 5.41) is 1.82. The van der Waals surface area contributed by atoms with Gasteiger partial charge in [-0.3, -0.25) is 4.79 Å². The highest BCUT2D eigenvalue weighted by molar-refractivity contribution is 8.03. The molecule has 0 amide bonds. The van der Waals surface area contributed by atoms with Crippen LogP contribution in [0.2, 0.25) is 0 Å². The Kier molecular flexibility index (Phi) is 4.71. The molecule has 0 saturated carbocycles.